The van der Waals surface area contributed by atoms with Crippen molar-refractivity contribution in [1.82, 2.24) is 4.90 Å². The number of carbonyl (C=O) groups excluding carboxylic acids is 1. The van der Waals surface area contributed by atoms with Crippen molar-refractivity contribution in [3.05, 3.63) is 29.3 Å². The van der Waals surface area contributed by atoms with Gasteiger partial charge in [-0.25, -0.2) is 8.42 Å². The zero-order valence-corrected chi connectivity index (χ0v) is 15.8. The number of carbonyl (C=O) groups is 1. The summed E-state index contributed by atoms with van der Waals surface area (Å²) in [4.78, 5) is 15.6. The van der Waals surface area contributed by atoms with Crippen LogP contribution >= 0.6 is 11.8 Å². The van der Waals surface area contributed by atoms with E-state index in [1.54, 1.807) is 16.7 Å². The van der Waals surface area contributed by atoms with E-state index in [0.717, 1.165) is 4.90 Å². The van der Waals surface area contributed by atoms with E-state index in [1.807, 2.05) is 26.8 Å². The first kappa shape index (κ1) is 18.3. The Labute approximate surface area is 143 Å². The first-order valence-electron chi connectivity index (χ1n) is 7.98. The van der Waals surface area contributed by atoms with Crippen molar-refractivity contribution in [2.24, 2.45) is 0 Å². The van der Waals surface area contributed by atoms with Crippen LogP contribution in [0.15, 0.2) is 23.1 Å². The van der Waals surface area contributed by atoms with Crippen LogP contribution in [0.4, 0.5) is 0 Å². The van der Waals surface area contributed by atoms with Gasteiger partial charge in [-0.2, -0.15) is 0 Å². The number of hydrogen-bond acceptors (Lipinski definition) is 4. The average molecular weight is 356 g/mol. The van der Waals surface area contributed by atoms with Crippen LogP contribution in [0.25, 0.3) is 0 Å². The molecular formula is C17H25NO3S2. The van der Waals surface area contributed by atoms with E-state index in [1.165, 1.54) is 11.1 Å². The highest BCUT2D eigenvalue weighted by Gasteiger charge is 2.35. The summed E-state index contributed by atoms with van der Waals surface area (Å²) in [6.07, 6.45) is 0.558. The SMILES string of the molecule is CCN(C(=O)[C@H](C)Sc1ccc(C)cc1C)[C@@H]1CCS(=O)(=O)C1. The van der Waals surface area contributed by atoms with Gasteiger partial charge in [0.2, 0.25) is 5.91 Å². The van der Waals surface area contributed by atoms with Crippen molar-refractivity contribution in [3.8, 4) is 0 Å². The van der Waals surface area contributed by atoms with Crippen LogP contribution in [-0.4, -0.2) is 48.6 Å². The number of thioether (sulfide) groups is 1. The molecule has 1 saturated heterocycles. The van der Waals surface area contributed by atoms with Crippen LogP contribution in [0.3, 0.4) is 0 Å². The van der Waals surface area contributed by atoms with E-state index < -0.39 is 9.84 Å². The summed E-state index contributed by atoms with van der Waals surface area (Å²) in [5.41, 5.74) is 2.37. The summed E-state index contributed by atoms with van der Waals surface area (Å²) in [5.74, 6) is 0.327. The number of sulfone groups is 1. The van der Waals surface area contributed by atoms with Gasteiger partial charge in [0.15, 0.2) is 9.84 Å². The van der Waals surface area contributed by atoms with Gasteiger partial charge in [0.05, 0.1) is 16.8 Å². The van der Waals surface area contributed by atoms with E-state index in [4.69, 9.17) is 0 Å². The maximum absolute atomic E-state index is 12.8. The number of hydrogen-bond donors (Lipinski definition) is 0. The highest BCUT2D eigenvalue weighted by Crippen LogP contribution is 2.29. The Hall–Kier alpha value is -1.01. The van der Waals surface area contributed by atoms with Crippen molar-refractivity contribution < 1.29 is 13.2 Å². The molecule has 0 saturated carbocycles. The molecule has 1 fully saturated rings. The zero-order valence-electron chi connectivity index (χ0n) is 14.2. The Bertz CT molecular complexity index is 685. The van der Waals surface area contributed by atoms with Gasteiger partial charge in [-0.05, 0) is 45.7 Å². The molecule has 1 aliphatic heterocycles. The third-order valence-corrected chi connectivity index (χ3v) is 7.27. The summed E-state index contributed by atoms with van der Waals surface area (Å²) in [6, 6.07) is 6.05. The summed E-state index contributed by atoms with van der Waals surface area (Å²) in [7, 11) is -2.98. The molecule has 0 N–H and O–H groups in total. The molecular weight excluding hydrogens is 330 g/mol. The van der Waals surface area contributed by atoms with Crippen LogP contribution in [0, 0.1) is 13.8 Å². The Morgan fingerprint density at radius 2 is 2.09 bits per heavy atom. The molecule has 2 rings (SSSR count). The molecule has 0 radical (unpaired) electrons. The second kappa shape index (κ2) is 7.26. The molecule has 1 heterocycles. The van der Waals surface area contributed by atoms with E-state index in [0.29, 0.717) is 13.0 Å². The molecule has 0 spiro atoms. The van der Waals surface area contributed by atoms with E-state index in [9.17, 15) is 13.2 Å². The molecule has 1 amide bonds. The Balaban J connectivity index is 2.08. The monoisotopic (exact) mass is 355 g/mol. The van der Waals surface area contributed by atoms with Gasteiger partial charge < -0.3 is 4.90 Å². The standard InChI is InChI=1S/C17H25NO3S2/c1-5-18(15-8-9-23(20,21)11-15)17(19)14(4)22-16-7-6-12(2)10-13(16)3/h6-7,10,14-15H,5,8-9,11H2,1-4H3/t14-,15+/m0/s1. The minimum Gasteiger partial charge on any atom is -0.338 e. The molecule has 6 heteroatoms. The molecule has 23 heavy (non-hydrogen) atoms. The average Bonchev–Trinajstić information content (AvgIpc) is 2.82. The lowest BCUT2D eigenvalue weighted by Crippen LogP contribution is -2.44. The summed E-state index contributed by atoms with van der Waals surface area (Å²) in [6.45, 7) is 8.47. The van der Waals surface area contributed by atoms with Crippen LogP contribution < -0.4 is 0 Å². The maximum Gasteiger partial charge on any atom is 0.236 e. The van der Waals surface area contributed by atoms with Gasteiger partial charge in [-0.1, -0.05) is 17.7 Å². The molecule has 1 aliphatic rings. The molecule has 1 aromatic carbocycles. The molecule has 0 aromatic heterocycles. The largest absolute Gasteiger partial charge is 0.338 e. The van der Waals surface area contributed by atoms with Gasteiger partial charge in [0.25, 0.3) is 0 Å². The lowest BCUT2D eigenvalue weighted by molar-refractivity contribution is -0.131. The fraction of sp³-hybridized carbons (Fsp3) is 0.588. The van der Waals surface area contributed by atoms with Crippen molar-refractivity contribution in [2.75, 3.05) is 18.1 Å². The van der Waals surface area contributed by atoms with Crippen LogP contribution in [0.2, 0.25) is 0 Å². The van der Waals surface area contributed by atoms with E-state index in [2.05, 4.69) is 19.1 Å². The number of amides is 1. The van der Waals surface area contributed by atoms with Crippen molar-refractivity contribution in [3.63, 3.8) is 0 Å². The van der Waals surface area contributed by atoms with Crippen LogP contribution in [-0.2, 0) is 14.6 Å². The number of rotatable bonds is 5. The normalized spacial score (nSPS) is 21.1. The van der Waals surface area contributed by atoms with E-state index in [-0.39, 0.29) is 28.7 Å². The van der Waals surface area contributed by atoms with Crippen LogP contribution in [0.5, 0.6) is 0 Å². The van der Waals surface area contributed by atoms with Gasteiger partial charge in [-0.3, -0.25) is 4.79 Å². The predicted octanol–water partition coefficient (Wildman–Crippen LogP) is 2.82. The second-order valence-corrected chi connectivity index (χ2v) is 9.82. The highest BCUT2D eigenvalue weighted by molar-refractivity contribution is 8.00. The molecule has 1 aromatic rings. The minimum absolute atomic E-state index is 0.0274. The maximum atomic E-state index is 12.8. The molecule has 0 bridgehead atoms. The number of aryl methyl sites for hydroxylation is 2. The Morgan fingerprint density at radius 1 is 1.39 bits per heavy atom. The zero-order chi connectivity index (χ0) is 17.2. The molecule has 2 atom stereocenters. The lowest BCUT2D eigenvalue weighted by Gasteiger charge is -2.29. The van der Waals surface area contributed by atoms with Gasteiger partial charge in [-0.15, -0.1) is 11.8 Å². The quantitative estimate of drug-likeness (QED) is 0.762. The molecule has 128 valence electrons. The third-order valence-electron chi connectivity index (χ3n) is 4.25. The summed E-state index contributed by atoms with van der Waals surface area (Å²) in [5, 5.41) is -0.223. The van der Waals surface area contributed by atoms with Crippen LogP contribution in [0.1, 0.15) is 31.4 Å². The van der Waals surface area contributed by atoms with Gasteiger partial charge >= 0.3 is 0 Å². The highest BCUT2D eigenvalue weighted by atomic mass is 32.2. The topological polar surface area (TPSA) is 54.5 Å². The fourth-order valence-electron chi connectivity index (χ4n) is 3.02. The van der Waals surface area contributed by atoms with E-state index >= 15 is 0 Å². The third kappa shape index (κ3) is 4.51. The first-order chi connectivity index (χ1) is 10.7. The van der Waals surface area contributed by atoms with Gasteiger partial charge in [0, 0.05) is 17.5 Å². The van der Waals surface area contributed by atoms with Gasteiger partial charge in [0.1, 0.15) is 0 Å². The van der Waals surface area contributed by atoms with Crippen molar-refractivity contribution in [2.45, 2.75) is 50.3 Å². The minimum atomic E-state index is -2.98. The molecule has 0 unspecified atom stereocenters. The fourth-order valence-corrected chi connectivity index (χ4v) is 5.76. The first-order valence-corrected chi connectivity index (χ1v) is 10.7. The number of benzene rings is 1. The molecule has 0 aliphatic carbocycles. The predicted molar refractivity (Wildman–Crippen MR) is 95.7 cm³/mol. The number of nitrogens with zero attached hydrogens (tertiary/aromatic N) is 1. The lowest BCUT2D eigenvalue weighted by atomic mass is 10.2. The Kier molecular flexibility index (Phi) is 5.79. The summed E-state index contributed by atoms with van der Waals surface area (Å²) < 4.78 is 23.4. The van der Waals surface area contributed by atoms with Crippen molar-refractivity contribution in [1.29, 1.82) is 0 Å². The second-order valence-electron chi connectivity index (χ2n) is 6.21. The molecule has 4 nitrogen and oxygen atoms in total. The Morgan fingerprint density at radius 3 is 2.61 bits per heavy atom. The summed E-state index contributed by atoms with van der Waals surface area (Å²) >= 11 is 1.55. The smallest absolute Gasteiger partial charge is 0.236 e. The van der Waals surface area contributed by atoms with Crippen molar-refractivity contribution >= 4 is 27.5 Å².